The predicted octanol–water partition coefficient (Wildman–Crippen LogP) is 2.24. The number of carbonyl (C=O) groups excluding carboxylic acids is 2. The zero-order valence-corrected chi connectivity index (χ0v) is 16.9. The Bertz CT molecular complexity index is 1080. The maximum Gasteiger partial charge on any atom is 0.271 e. The summed E-state index contributed by atoms with van der Waals surface area (Å²) >= 11 is 0. The number of hydrogen-bond acceptors (Lipinski definition) is 6. The van der Waals surface area contributed by atoms with Crippen LogP contribution in [0, 0.1) is 27.7 Å². The molecule has 0 saturated carbocycles. The number of carbonyl (C=O) groups is 2. The standard InChI is InChI=1S/C21H20F2N4O5/c22-16-3-1-14(7-17(16)23)25-6-5-13(10-25)9-24-20(28)11-26-18-8-15(27(30)31)2-4-19(18)32-12-21(26)29/h1-4,7-8,13H,5-6,9-12H2,(H,24,28). The molecular formula is C21H20F2N4O5. The molecule has 2 aromatic carbocycles. The lowest BCUT2D eigenvalue weighted by Gasteiger charge is -2.28. The topological polar surface area (TPSA) is 105 Å². The van der Waals surface area contributed by atoms with Gasteiger partial charge in [0.05, 0.1) is 10.6 Å². The van der Waals surface area contributed by atoms with Gasteiger partial charge < -0.3 is 15.0 Å². The minimum Gasteiger partial charge on any atom is -0.482 e. The zero-order valence-electron chi connectivity index (χ0n) is 16.9. The number of rotatable bonds is 6. The van der Waals surface area contributed by atoms with E-state index in [1.807, 2.05) is 4.90 Å². The molecule has 2 amide bonds. The number of nitro benzene ring substituents is 1. The Hall–Kier alpha value is -3.76. The molecule has 9 nitrogen and oxygen atoms in total. The molecule has 1 unspecified atom stereocenters. The van der Waals surface area contributed by atoms with Gasteiger partial charge in [0.15, 0.2) is 18.2 Å². The van der Waals surface area contributed by atoms with Crippen LogP contribution in [0.5, 0.6) is 5.75 Å². The van der Waals surface area contributed by atoms with Crippen molar-refractivity contribution in [1.29, 1.82) is 0 Å². The van der Waals surface area contributed by atoms with Gasteiger partial charge in [-0.15, -0.1) is 0 Å². The van der Waals surface area contributed by atoms with E-state index in [-0.39, 0.29) is 30.4 Å². The summed E-state index contributed by atoms with van der Waals surface area (Å²) in [5, 5.41) is 13.8. The van der Waals surface area contributed by atoms with Crippen LogP contribution < -0.4 is 19.9 Å². The summed E-state index contributed by atoms with van der Waals surface area (Å²) in [5.41, 5.74) is 0.543. The van der Waals surface area contributed by atoms with Crippen molar-refractivity contribution < 1.29 is 28.0 Å². The number of nitrogens with zero attached hydrogens (tertiary/aromatic N) is 3. The van der Waals surface area contributed by atoms with Crippen LogP contribution in [0.4, 0.5) is 25.8 Å². The van der Waals surface area contributed by atoms with E-state index in [9.17, 15) is 28.5 Å². The zero-order chi connectivity index (χ0) is 22.8. The first-order chi connectivity index (χ1) is 15.3. The molecule has 2 heterocycles. The maximum absolute atomic E-state index is 13.5. The van der Waals surface area contributed by atoms with Crippen LogP contribution in [0.2, 0.25) is 0 Å². The van der Waals surface area contributed by atoms with Crippen LogP contribution in [0.1, 0.15) is 6.42 Å². The summed E-state index contributed by atoms with van der Waals surface area (Å²) in [6.45, 7) is 1.00. The number of benzene rings is 2. The second-order valence-corrected chi connectivity index (χ2v) is 7.68. The third kappa shape index (κ3) is 4.46. The molecule has 4 rings (SSSR count). The molecule has 2 aliphatic heterocycles. The fourth-order valence-corrected chi connectivity index (χ4v) is 3.85. The second-order valence-electron chi connectivity index (χ2n) is 7.68. The van der Waals surface area contributed by atoms with Crippen LogP contribution >= 0.6 is 0 Å². The molecule has 0 aliphatic carbocycles. The lowest BCUT2D eigenvalue weighted by molar-refractivity contribution is -0.384. The lowest BCUT2D eigenvalue weighted by Crippen LogP contribution is -2.46. The molecule has 1 N–H and O–H groups in total. The smallest absolute Gasteiger partial charge is 0.271 e. The molecular weight excluding hydrogens is 426 g/mol. The van der Waals surface area contributed by atoms with Crippen LogP contribution in [-0.4, -0.2) is 49.5 Å². The number of fused-ring (bicyclic) bond motifs is 1. The number of non-ortho nitro benzene ring substituents is 1. The average Bonchev–Trinajstić information content (AvgIpc) is 3.25. The van der Waals surface area contributed by atoms with Gasteiger partial charge in [-0.25, -0.2) is 8.78 Å². The van der Waals surface area contributed by atoms with Gasteiger partial charge in [-0.2, -0.15) is 0 Å². The van der Waals surface area contributed by atoms with Crippen LogP contribution in [-0.2, 0) is 9.59 Å². The molecule has 0 aromatic heterocycles. The highest BCUT2D eigenvalue weighted by Gasteiger charge is 2.30. The lowest BCUT2D eigenvalue weighted by atomic mass is 10.1. The molecule has 1 saturated heterocycles. The van der Waals surface area contributed by atoms with E-state index in [0.29, 0.717) is 31.1 Å². The fraction of sp³-hybridized carbons (Fsp3) is 0.333. The number of amides is 2. The first-order valence-corrected chi connectivity index (χ1v) is 10.00. The molecule has 32 heavy (non-hydrogen) atoms. The van der Waals surface area contributed by atoms with Crippen molar-refractivity contribution in [3.8, 4) is 5.75 Å². The molecule has 1 fully saturated rings. The van der Waals surface area contributed by atoms with Crippen molar-refractivity contribution in [2.24, 2.45) is 5.92 Å². The van der Waals surface area contributed by atoms with E-state index in [1.54, 1.807) is 0 Å². The van der Waals surface area contributed by atoms with Crippen molar-refractivity contribution in [3.63, 3.8) is 0 Å². The number of ether oxygens (including phenoxy) is 1. The number of anilines is 2. The molecule has 2 aromatic rings. The highest BCUT2D eigenvalue weighted by atomic mass is 19.2. The van der Waals surface area contributed by atoms with Gasteiger partial charge in [-0.05, 0) is 30.5 Å². The van der Waals surface area contributed by atoms with E-state index in [4.69, 9.17) is 4.74 Å². The summed E-state index contributed by atoms with van der Waals surface area (Å²) < 4.78 is 31.9. The van der Waals surface area contributed by atoms with Crippen LogP contribution in [0.3, 0.4) is 0 Å². The summed E-state index contributed by atoms with van der Waals surface area (Å²) in [6.07, 6.45) is 0.755. The fourth-order valence-electron chi connectivity index (χ4n) is 3.85. The maximum atomic E-state index is 13.5. The van der Waals surface area contributed by atoms with Crippen molar-refractivity contribution in [1.82, 2.24) is 5.32 Å². The SMILES string of the molecule is O=C(CN1C(=O)COc2ccc([N+](=O)[O-])cc21)NCC1CCN(c2ccc(F)c(F)c2)C1. The van der Waals surface area contributed by atoms with Gasteiger partial charge in [0, 0.05) is 43.5 Å². The van der Waals surface area contributed by atoms with E-state index in [1.165, 1.54) is 29.2 Å². The Balaban J connectivity index is 1.35. The summed E-state index contributed by atoms with van der Waals surface area (Å²) in [6, 6.07) is 7.62. The van der Waals surface area contributed by atoms with Crippen molar-refractivity contribution in [2.75, 3.05) is 42.6 Å². The summed E-state index contributed by atoms with van der Waals surface area (Å²) in [4.78, 5) is 38.3. The molecule has 1 atom stereocenters. The van der Waals surface area contributed by atoms with E-state index in [0.717, 1.165) is 18.6 Å². The predicted molar refractivity (Wildman–Crippen MR) is 111 cm³/mol. The van der Waals surface area contributed by atoms with Crippen molar-refractivity contribution in [3.05, 3.63) is 58.1 Å². The largest absolute Gasteiger partial charge is 0.482 e. The Kier molecular flexibility index (Phi) is 5.89. The normalized spacial score (nSPS) is 17.7. The number of halogens is 2. The Morgan fingerprint density at radius 3 is 2.78 bits per heavy atom. The van der Waals surface area contributed by atoms with E-state index in [2.05, 4.69) is 5.32 Å². The van der Waals surface area contributed by atoms with Crippen molar-refractivity contribution in [2.45, 2.75) is 6.42 Å². The molecule has 0 radical (unpaired) electrons. The van der Waals surface area contributed by atoms with E-state index < -0.39 is 28.4 Å². The average molecular weight is 446 g/mol. The van der Waals surface area contributed by atoms with Gasteiger partial charge in [-0.3, -0.25) is 24.6 Å². The molecule has 2 aliphatic rings. The Morgan fingerprint density at radius 2 is 2.03 bits per heavy atom. The second kappa shape index (κ2) is 8.77. The van der Waals surface area contributed by atoms with Gasteiger partial charge in [0.25, 0.3) is 11.6 Å². The van der Waals surface area contributed by atoms with Gasteiger partial charge in [0.1, 0.15) is 12.3 Å². The minimum absolute atomic E-state index is 0.0980. The minimum atomic E-state index is -0.907. The van der Waals surface area contributed by atoms with Crippen LogP contribution in [0.25, 0.3) is 0 Å². The summed E-state index contributed by atoms with van der Waals surface area (Å²) in [5.74, 6) is -2.31. The van der Waals surface area contributed by atoms with E-state index >= 15 is 0 Å². The molecule has 11 heteroatoms. The molecule has 0 bridgehead atoms. The highest BCUT2D eigenvalue weighted by molar-refractivity contribution is 6.02. The quantitative estimate of drug-likeness (QED) is 0.539. The third-order valence-corrected chi connectivity index (χ3v) is 5.54. The Labute approximate surface area is 181 Å². The third-order valence-electron chi connectivity index (χ3n) is 5.54. The van der Waals surface area contributed by atoms with Gasteiger partial charge in [0.2, 0.25) is 5.91 Å². The Morgan fingerprint density at radius 1 is 1.22 bits per heavy atom. The highest BCUT2D eigenvalue weighted by Crippen LogP contribution is 2.35. The van der Waals surface area contributed by atoms with Gasteiger partial charge >= 0.3 is 0 Å². The first kappa shape index (κ1) is 21.5. The van der Waals surface area contributed by atoms with Crippen LogP contribution in [0.15, 0.2) is 36.4 Å². The number of hydrogen-bond donors (Lipinski definition) is 1. The number of nitrogens with one attached hydrogen (secondary N) is 1. The summed E-state index contributed by atoms with van der Waals surface area (Å²) in [7, 11) is 0. The first-order valence-electron chi connectivity index (χ1n) is 10.00. The number of nitro groups is 1. The monoisotopic (exact) mass is 446 g/mol. The van der Waals surface area contributed by atoms with Crippen molar-refractivity contribution >= 4 is 28.9 Å². The van der Waals surface area contributed by atoms with Gasteiger partial charge in [-0.1, -0.05) is 0 Å². The molecule has 0 spiro atoms. The molecule has 168 valence electrons.